The summed E-state index contributed by atoms with van der Waals surface area (Å²) in [5, 5.41) is 7.76. The third kappa shape index (κ3) is 5.37. The summed E-state index contributed by atoms with van der Waals surface area (Å²) in [6, 6.07) is 75.7. The normalized spacial score (nSPS) is 11.8. The van der Waals surface area contributed by atoms with Crippen LogP contribution in [0.3, 0.4) is 0 Å². The molecule has 0 saturated carbocycles. The number of anilines is 3. The number of hydrogen-bond donors (Lipinski definition) is 0. The van der Waals surface area contributed by atoms with Crippen LogP contribution in [0.5, 0.6) is 0 Å². The highest BCUT2D eigenvalue weighted by atomic mass is 32.1. The SMILES string of the molecule is c1ccc(-n2c3ccccc3c3cc(-c4ccc(N(c5ccc(-c6ccc7c(c6)sc6ccccc67)cc5)c5ccc6sc7ccccc7c6c5)cc4)ccc32)cc1. The number of nitrogens with zero attached hydrogens (tertiary/aromatic N) is 2. The molecule has 58 heavy (non-hydrogen) atoms. The highest BCUT2D eigenvalue weighted by Crippen LogP contribution is 2.43. The van der Waals surface area contributed by atoms with Gasteiger partial charge in [-0.25, -0.2) is 0 Å². The van der Waals surface area contributed by atoms with Crippen molar-refractivity contribution in [3.8, 4) is 27.9 Å². The summed E-state index contributed by atoms with van der Waals surface area (Å²) in [6.07, 6.45) is 0. The zero-order valence-corrected chi connectivity index (χ0v) is 33.0. The van der Waals surface area contributed by atoms with E-state index in [-0.39, 0.29) is 0 Å². The molecule has 0 saturated heterocycles. The first-order valence-electron chi connectivity index (χ1n) is 19.7. The van der Waals surface area contributed by atoms with Crippen molar-refractivity contribution < 1.29 is 0 Å². The van der Waals surface area contributed by atoms with E-state index in [1.165, 1.54) is 90.1 Å². The van der Waals surface area contributed by atoms with Crippen molar-refractivity contribution in [1.82, 2.24) is 4.57 Å². The monoisotopic (exact) mass is 774 g/mol. The summed E-state index contributed by atoms with van der Waals surface area (Å²) in [6.45, 7) is 0. The van der Waals surface area contributed by atoms with E-state index in [9.17, 15) is 0 Å². The second-order valence-electron chi connectivity index (χ2n) is 14.9. The topological polar surface area (TPSA) is 8.17 Å². The molecule has 0 unspecified atom stereocenters. The van der Waals surface area contributed by atoms with E-state index < -0.39 is 0 Å². The van der Waals surface area contributed by atoms with Crippen LogP contribution in [0.1, 0.15) is 0 Å². The Balaban J connectivity index is 0.949. The highest BCUT2D eigenvalue weighted by molar-refractivity contribution is 7.26. The lowest BCUT2D eigenvalue weighted by Crippen LogP contribution is -2.09. The maximum atomic E-state index is 2.39. The zero-order chi connectivity index (χ0) is 38.2. The lowest BCUT2D eigenvalue weighted by atomic mass is 10.0. The number of rotatable bonds is 6. The van der Waals surface area contributed by atoms with Gasteiger partial charge >= 0.3 is 0 Å². The van der Waals surface area contributed by atoms with Gasteiger partial charge in [0.2, 0.25) is 0 Å². The van der Waals surface area contributed by atoms with Crippen LogP contribution >= 0.6 is 22.7 Å². The second kappa shape index (κ2) is 13.3. The fourth-order valence-electron chi connectivity index (χ4n) is 8.82. The summed E-state index contributed by atoms with van der Waals surface area (Å²) in [5.41, 5.74) is 11.8. The Hall–Kier alpha value is -6.98. The van der Waals surface area contributed by atoms with E-state index in [1.54, 1.807) is 0 Å². The second-order valence-corrected chi connectivity index (χ2v) is 17.1. The molecule has 2 nitrogen and oxygen atoms in total. The van der Waals surface area contributed by atoms with Crippen LogP contribution in [0, 0.1) is 0 Å². The zero-order valence-electron chi connectivity index (χ0n) is 31.3. The first-order valence-corrected chi connectivity index (χ1v) is 21.3. The molecule has 9 aromatic carbocycles. The molecular weight excluding hydrogens is 741 g/mol. The van der Waals surface area contributed by atoms with E-state index in [4.69, 9.17) is 0 Å². The summed E-state index contributed by atoms with van der Waals surface area (Å²) in [5.74, 6) is 0. The molecule has 0 amide bonds. The summed E-state index contributed by atoms with van der Waals surface area (Å²) in [4.78, 5) is 2.39. The van der Waals surface area contributed by atoms with Crippen LogP contribution < -0.4 is 4.90 Å². The van der Waals surface area contributed by atoms with Crippen LogP contribution in [0.4, 0.5) is 17.1 Å². The van der Waals surface area contributed by atoms with E-state index in [0.717, 1.165) is 17.1 Å². The maximum absolute atomic E-state index is 2.39. The van der Waals surface area contributed by atoms with Crippen molar-refractivity contribution in [3.05, 3.63) is 206 Å². The summed E-state index contributed by atoms with van der Waals surface area (Å²) in [7, 11) is 0. The number of fused-ring (bicyclic) bond motifs is 9. The summed E-state index contributed by atoms with van der Waals surface area (Å²) < 4.78 is 7.64. The van der Waals surface area contributed by atoms with Crippen LogP contribution in [-0.2, 0) is 0 Å². The highest BCUT2D eigenvalue weighted by Gasteiger charge is 2.17. The van der Waals surface area contributed by atoms with Crippen molar-refractivity contribution >= 4 is 102 Å². The number of thiophene rings is 2. The predicted octanol–water partition coefficient (Wildman–Crippen LogP) is 16.3. The Morgan fingerprint density at radius 3 is 1.52 bits per heavy atom. The lowest BCUT2D eigenvalue weighted by Gasteiger charge is -2.26. The molecular formula is C54H34N2S2. The quantitative estimate of drug-likeness (QED) is 0.163. The minimum atomic E-state index is 1.11. The van der Waals surface area contributed by atoms with Crippen LogP contribution in [0.25, 0.3) is 90.1 Å². The molecule has 0 bridgehead atoms. The number of para-hydroxylation sites is 2. The van der Waals surface area contributed by atoms with E-state index in [2.05, 4.69) is 216 Å². The largest absolute Gasteiger partial charge is 0.310 e. The molecule has 0 fully saturated rings. The summed E-state index contributed by atoms with van der Waals surface area (Å²) >= 11 is 3.72. The molecule has 12 rings (SSSR count). The maximum Gasteiger partial charge on any atom is 0.0541 e. The van der Waals surface area contributed by atoms with Crippen molar-refractivity contribution in [1.29, 1.82) is 0 Å². The van der Waals surface area contributed by atoms with Gasteiger partial charge < -0.3 is 9.47 Å². The first-order chi connectivity index (χ1) is 28.7. The average molecular weight is 775 g/mol. The van der Waals surface area contributed by atoms with Gasteiger partial charge in [0, 0.05) is 73.9 Å². The van der Waals surface area contributed by atoms with Crippen molar-refractivity contribution in [2.24, 2.45) is 0 Å². The molecule has 12 aromatic rings. The van der Waals surface area contributed by atoms with Crippen molar-refractivity contribution in [2.75, 3.05) is 4.90 Å². The van der Waals surface area contributed by atoms with Gasteiger partial charge in [-0.1, -0.05) is 115 Å². The molecule has 0 atom stereocenters. The number of aromatic nitrogens is 1. The Labute approximate surface area is 343 Å². The van der Waals surface area contributed by atoms with E-state index >= 15 is 0 Å². The van der Waals surface area contributed by atoms with Crippen LogP contribution in [0.2, 0.25) is 0 Å². The Morgan fingerprint density at radius 2 is 0.793 bits per heavy atom. The molecule has 3 heterocycles. The Kier molecular flexibility index (Phi) is 7.62. The van der Waals surface area contributed by atoms with Gasteiger partial charge in [-0.05, 0) is 113 Å². The lowest BCUT2D eigenvalue weighted by molar-refractivity contribution is 1.18. The molecule has 0 radical (unpaired) electrons. The molecule has 0 N–H and O–H groups in total. The van der Waals surface area contributed by atoms with E-state index in [0.29, 0.717) is 0 Å². The smallest absolute Gasteiger partial charge is 0.0541 e. The fourth-order valence-corrected chi connectivity index (χ4v) is 11.1. The van der Waals surface area contributed by atoms with Gasteiger partial charge in [0.1, 0.15) is 0 Å². The Morgan fingerprint density at radius 1 is 0.293 bits per heavy atom. The number of benzene rings is 9. The molecule has 0 aliphatic rings. The third-order valence-corrected chi connectivity index (χ3v) is 13.9. The van der Waals surface area contributed by atoms with Gasteiger partial charge in [0.05, 0.1) is 11.0 Å². The average Bonchev–Trinajstić information content (AvgIpc) is 3.96. The minimum Gasteiger partial charge on any atom is -0.310 e. The van der Waals surface area contributed by atoms with Gasteiger partial charge in [-0.3, -0.25) is 0 Å². The molecule has 0 aliphatic heterocycles. The molecule has 3 aromatic heterocycles. The standard InChI is InChI=1S/C54H34N2S2/c1-2-10-39(11-3-1)56-49-15-7-4-12-43(49)47-32-37(23-30-50(47)56)35-18-24-40(25-19-35)55(42-28-31-53-48(34-42)45-14-6-9-17-52(45)57-53)41-26-20-36(21-27-41)38-22-29-46-44-13-5-8-16-51(44)58-54(46)33-38/h1-34H. The Bertz CT molecular complexity index is 3500. The molecule has 0 aliphatic carbocycles. The first kappa shape index (κ1) is 33.2. The molecule has 4 heteroatoms. The third-order valence-electron chi connectivity index (χ3n) is 11.6. The van der Waals surface area contributed by atoms with Crippen molar-refractivity contribution in [2.45, 2.75) is 0 Å². The number of hydrogen-bond acceptors (Lipinski definition) is 3. The van der Waals surface area contributed by atoms with Crippen LogP contribution in [-0.4, -0.2) is 4.57 Å². The van der Waals surface area contributed by atoms with Gasteiger partial charge in [0.25, 0.3) is 0 Å². The van der Waals surface area contributed by atoms with Crippen molar-refractivity contribution in [3.63, 3.8) is 0 Å². The van der Waals surface area contributed by atoms with Gasteiger partial charge in [0.15, 0.2) is 0 Å². The van der Waals surface area contributed by atoms with Crippen LogP contribution in [0.15, 0.2) is 206 Å². The van der Waals surface area contributed by atoms with E-state index in [1.807, 2.05) is 22.7 Å². The minimum absolute atomic E-state index is 1.11. The molecule has 0 spiro atoms. The van der Waals surface area contributed by atoms with Gasteiger partial charge in [-0.15, -0.1) is 22.7 Å². The molecule has 272 valence electrons. The van der Waals surface area contributed by atoms with Gasteiger partial charge in [-0.2, -0.15) is 0 Å². The predicted molar refractivity (Wildman–Crippen MR) is 252 cm³/mol. The fraction of sp³-hybridized carbons (Fsp3) is 0.